The predicted molar refractivity (Wildman–Crippen MR) is 72.9 cm³/mol. The van der Waals surface area contributed by atoms with E-state index < -0.39 is 0 Å². The SMILES string of the molecule is COCCCOCCNC1CCN2CCCCC12. The van der Waals surface area contributed by atoms with Crippen LogP contribution < -0.4 is 5.32 Å². The van der Waals surface area contributed by atoms with Crippen LogP contribution in [0.2, 0.25) is 0 Å². The molecule has 0 amide bonds. The molecule has 2 atom stereocenters. The molecular formula is C14H28N2O2. The van der Waals surface area contributed by atoms with Gasteiger partial charge in [-0.25, -0.2) is 0 Å². The Balaban J connectivity index is 1.51. The molecule has 0 radical (unpaired) electrons. The first kappa shape index (κ1) is 14.3. The van der Waals surface area contributed by atoms with Crippen LogP contribution in [0.3, 0.4) is 0 Å². The van der Waals surface area contributed by atoms with E-state index in [0.717, 1.165) is 38.8 Å². The summed E-state index contributed by atoms with van der Waals surface area (Å²) in [7, 11) is 1.73. The number of nitrogens with one attached hydrogen (secondary N) is 1. The summed E-state index contributed by atoms with van der Waals surface area (Å²) in [4.78, 5) is 2.67. The van der Waals surface area contributed by atoms with Crippen LogP contribution in [0.4, 0.5) is 0 Å². The lowest BCUT2D eigenvalue weighted by Gasteiger charge is -2.32. The molecule has 0 spiro atoms. The largest absolute Gasteiger partial charge is 0.385 e. The molecule has 2 saturated heterocycles. The molecule has 0 aromatic rings. The fourth-order valence-corrected chi connectivity index (χ4v) is 3.21. The van der Waals surface area contributed by atoms with Gasteiger partial charge in [-0.1, -0.05) is 6.42 Å². The van der Waals surface area contributed by atoms with Crippen LogP contribution in [0.5, 0.6) is 0 Å². The fourth-order valence-electron chi connectivity index (χ4n) is 3.21. The first-order chi connectivity index (χ1) is 8.92. The zero-order chi connectivity index (χ0) is 12.6. The minimum absolute atomic E-state index is 0.702. The molecule has 0 aromatic carbocycles. The van der Waals surface area contributed by atoms with Gasteiger partial charge in [-0.2, -0.15) is 0 Å². The first-order valence-corrected chi connectivity index (χ1v) is 7.46. The number of piperidine rings is 1. The zero-order valence-electron chi connectivity index (χ0n) is 11.7. The highest BCUT2D eigenvalue weighted by Gasteiger charge is 2.34. The van der Waals surface area contributed by atoms with Crippen LogP contribution >= 0.6 is 0 Å². The highest BCUT2D eigenvalue weighted by molar-refractivity contribution is 4.93. The van der Waals surface area contributed by atoms with Crippen molar-refractivity contribution < 1.29 is 9.47 Å². The number of hydrogen-bond donors (Lipinski definition) is 1. The molecule has 0 aromatic heterocycles. The maximum Gasteiger partial charge on any atom is 0.0591 e. The Bertz CT molecular complexity index is 226. The summed E-state index contributed by atoms with van der Waals surface area (Å²) < 4.78 is 10.6. The van der Waals surface area contributed by atoms with Crippen LogP contribution in [-0.4, -0.2) is 63.5 Å². The Labute approximate surface area is 111 Å². The summed E-state index contributed by atoms with van der Waals surface area (Å²) >= 11 is 0. The molecule has 4 nitrogen and oxygen atoms in total. The monoisotopic (exact) mass is 256 g/mol. The lowest BCUT2D eigenvalue weighted by atomic mass is 9.99. The normalized spacial score (nSPS) is 28.5. The van der Waals surface area contributed by atoms with Gasteiger partial charge >= 0.3 is 0 Å². The Morgan fingerprint density at radius 1 is 1.11 bits per heavy atom. The van der Waals surface area contributed by atoms with Gasteiger partial charge in [0.15, 0.2) is 0 Å². The topological polar surface area (TPSA) is 33.7 Å². The third-order valence-electron chi connectivity index (χ3n) is 4.15. The van der Waals surface area contributed by atoms with Crippen molar-refractivity contribution in [2.45, 2.75) is 44.2 Å². The summed E-state index contributed by atoms with van der Waals surface area (Å²) in [5.74, 6) is 0. The van der Waals surface area contributed by atoms with Crippen LogP contribution in [0.1, 0.15) is 32.1 Å². The highest BCUT2D eigenvalue weighted by atomic mass is 16.5. The van der Waals surface area contributed by atoms with Gasteiger partial charge in [0.05, 0.1) is 6.61 Å². The van der Waals surface area contributed by atoms with Crippen molar-refractivity contribution >= 4 is 0 Å². The van der Waals surface area contributed by atoms with Gasteiger partial charge in [0, 0.05) is 45.5 Å². The smallest absolute Gasteiger partial charge is 0.0591 e. The predicted octanol–water partition coefficient (Wildman–Crippen LogP) is 1.26. The number of nitrogens with zero attached hydrogens (tertiary/aromatic N) is 1. The highest BCUT2D eigenvalue weighted by Crippen LogP contribution is 2.26. The second-order valence-corrected chi connectivity index (χ2v) is 5.41. The number of rotatable bonds is 8. The second kappa shape index (κ2) is 8.10. The Kier molecular flexibility index (Phi) is 6.41. The van der Waals surface area contributed by atoms with Gasteiger partial charge in [0.25, 0.3) is 0 Å². The summed E-state index contributed by atoms with van der Waals surface area (Å²) in [6, 6.07) is 1.50. The van der Waals surface area contributed by atoms with Crippen molar-refractivity contribution in [2.24, 2.45) is 0 Å². The average molecular weight is 256 g/mol. The van der Waals surface area contributed by atoms with Crippen LogP contribution in [0.25, 0.3) is 0 Å². The van der Waals surface area contributed by atoms with Crippen molar-refractivity contribution in [1.29, 1.82) is 0 Å². The van der Waals surface area contributed by atoms with Gasteiger partial charge in [-0.3, -0.25) is 4.90 Å². The van der Waals surface area contributed by atoms with E-state index in [0.29, 0.717) is 6.04 Å². The maximum absolute atomic E-state index is 5.58. The van der Waals surface area contributed by atoms with E-state index in [-0.39, 0.29) is 0 Å². The quantitative estimate of drug-likeness (QED) is 0.663. The molecule has 1 N–H and O–H groups in total. The summed E-state index contributed by atoms with van der Waals surface area (Å²) in [5, 5.41) is 3.67. The Morgan fingerprint density at radius 3 is 2.94 bits per heavy atom. The van der Waals surface area contributed by atoms with Gasteiger partial charge in [-0.05, 0) is 32.2 Å². The average Bonchev–Trinajstić information content (AvgIpc) is 2.81. The molecule has 2 fully saturated rings. The van der Waals surface area contributed by atoms with E-state index in [4.69, 9.17) is 9.47 Å². The molecule has 18 heavy (non-hydrogen) atoms. The van der Waals surface area contributed by atoms with E-state index >= 15 is 0 Å². The van der Waals surface area contributed by atoms with E-state index in [9.17, 15) is 0 Å². The van der Waals surface area contributed by atoms with E-state index in [1.807, 2.05) is 0 Å². The summed E-state index contributed by atoms with van der Waals surface area (Å²) in [6.45, 7) is 6.03. The summed E-state index contributed by atoms with van der Waals surface area (Å²) in [5.41, 5.74) is 0. The minimum atomic E-state index is 0.702. The van der Waals surface area contributed by atoms with E-state index in [1.165, 1.54) is 38.8 Å². The number of fused-ring (bicyclic) bond motifs is 1. The standard InChI is InChI=1S/C14H28N2O2/c1-17-10-4-11-18-12-7-15-13-6-9-16-8-3-2-5-14(13)16/h13-15H,2-12H2,1H3. The van der Waals surface area contributed by atoms with Gasteiger partial charge in [0.1, 0.15) is 0 Å². The number of ether oxygens (including phenoxy) is 2. The molecule has 2 unspecified atom stereocenters. The Morgan fingerprint density at radius 2 is 2.06 bits per heavy atom. The molecule has 4 heteroatoms. The van der Waals surface area contributed by atoms with Gasteiger partial charge < -0.3 is 14.8 Å². The molecule has 2 heterocycles. The van der Waals surface area contributed by atoms with Gasteiger partial charge in [-0.15, -0.1) is 0 Å². The fraction of sp³-hybridized carbons (Fsp3) is 1.00. The van der Waals surface area contributed by atoms with E-state index in [2.05, 4.69) is 10.2 Å². The molecule has 0 aliphatic carbocycles. The molecule has 2 rings (SSSR count). The zero-order valence-corrected chi connectivity index (χ0v) is 11.7. The number of hydrogen-bond acceptors (Lipinski definition) is 4. The van der Waals surface area contributed by atoms with Crippen LogP contribution in [-0.2, 0) is 9.47 Å². The molecule has 2 aliphatic rings. The van der Waals surface area contributed by atoms with Crippen molar-refractivity contribution in [2.75, 3.05) is 46.6 Å². The molecule has 0 bridgehead atoms. The lowest BCUT2D eigenvalue weighted by molar-refractivity contribution is 0.101. The summed E-state index contributed by atoms with van der Waals surface area (Å²) in [6.07, 6.45) is 6.50. The van der Waals surface area contributed by atoms with Crippen molar-refractivity contribution in [3.63, 3.8) is 0 Å². The third-order valence-corrected chi connectivity index (χ3v) is 4.15. The van der Waals surface area contributed by atoms with Crippen LogP contribution in [0.15, 0.2) is 0 Å². The first-order valence-electron chi connectivity index (χ1n) is 7.46. The van der Waals surface area contributed by atoms with Gasteiger partial charge in [0.2, 0.25) is 0 Å². The molecule has 0 saturated carbocycles. The molecule has 2 aliphatic heterocycles. The molecular weight excluding hydrogens is 228 g/mol. The molecule has 106 valence electrons. The van der Waals surface area contributed by atoms with Crippen molar-refractivity contribution in [1.82, 2.24) is 10.2 Å². The third kappa shape index (κ3) is 4.19. The van der Waals surface area contributed by atoms with Crippen molar-refractivity contribution in [3.05, 3.63) is 0 Å². The lowest BCUT2D eigenvalue weighted by Crippen LogP contribution is -2.45. The van der Waals surface area contributed by atoms with Crippen LogP contribution in [0, 0.1) is 0 Å². The number of methoxy groups -OCH3 is 1. The van der Waals surface area contributed by atoms with Crippen molar-refractivity contribution in [3.8, 4) is 0 Å². The maximum atomic E-state index is 5.58. The second-order valence-electron chi connectivity index (χ2n) is 5.41. The Hall–Kier alpha value is -0.160. The van der Waals surface area contributed by atoms with E-state index in [1.54, 1.807) is 7.11 Å². The minimum Gasteiger partial charge on any atom is -0.385 e.